The molecule has 1 fully saturated rings. The molecule has 2 aromatic rings. The summed E-state index contributed by atoms with van der Waals surface area (Å²) >= 11 is 6.62. The van der Waals surface area contributed by atoms with Gasteiger partial charge in [0.05, 0.1) is 10.5 Å². The van der Waals surface area contributed by atoms with Crippen LogP contribution in [0.15, 0.2) is 28.0 Å². The standard InChI is InChI=1S/C21H26N4O2S2/c1-5-6-9-25-20(27)16(29-21(25)28)11-15-17(22-12-13(2)3)23-18-14(4)8-7-10-24(18)19(15)26/h7-8,10-11,13,22H,5-6,9,12H2,1-4H3. The van der Waals surface area contributed by atoms with Gasteiger partial charge in [0.25, 0.3) is 11.5 Å². The van der Waals surface area contributed by atoms with Gasteiger partial charge in [-0.3, -0.25) is 18.9 Å². The molecule has 1 amide bonds. The van der Waals surface area contributed by atoms with Crippen LogP contribution in [0, 0.1) is 12.8 Å². The summed E-state index contributed by atoms with van der Waals surface area (Å²) in [6.45, 7) is 9.45. The van der Waals surface area contributed by atoms with E-state index in [4.69, 9.17) is 17.2 Å². The number of rotatable bonds is 7. The molecule has 0 unspecified atom stereocenters. The number of fused-ring (bicyclic) bond motifs is 1. The Morgan fingerprint density at radius 3 is 2.79 bits per heavy atom. The van der Waals surface area contributed by atoms with E-state index >= 15 is 0 Å². The highest BCUT2D eigenvalue weighted by Gasteiger charge is 2.32. The van der Waals surface area contributed by atoms with E-state index in [2.05, 4.69) is 26.1 Å². The quantitative estimate of drug-likeness (QED) is 0.528. The molecule has 0 aliphatic carbocycles. The van der Waals surface area contributed by atoms with E-state index in [-0.39, 0.29) is 11.5 Å². The van der Waals surface area contributed by atoms with Crippen LogP contribution in [0.1, 0.15) is 44.7 Å². The van der Waals surface area contributed by atoms with E-state index in [1.54, 1.807) is 17.2 Å². The lowest BCUT2D eigenvalue weighted by molar-refractivity contribution is -0.122. The van der Waals surface area contributed by atoms with Gasteiger partial charge in [-0.15, -0.1) is 0 Å². The summed E-state index contributed by atoms with van der Waals surface area (Å²) in [4.78, 5) is 32.9. The predicted molar refractivity (Wildman–Crippen MR) is 124 cm³/mol. The smallest absolute Gasteiger partial charge is 0.267 e. The summed E-state index contributed by atoms with van der Waals surface area (Å²) < 4.78 is 2.07. The molecule has 29 heavy (non-hydrogen) atoms. The number of amides is 1. The number of aromatic nitrogens is 2. The van der Waals surface area contributed by atoms with Crippen molar-refractivity contribution in [1.29, 1.82) is 0 Å². The fraction of sp³-hybridized carbons (Fsp3) is 0.429. The first-order chi connectivity index (χ1) is 13.8. The van der Waals surface area contributed by atoms with E-state index in [1.165, 1.54) is 16.2 Å². The number of pyridine rings is 1. The molecular weight excluding hydrogens is 404 g/mol. The van der Waals surface area contributed by atoms with Gasteiger partial charge in [0, 0.05) is 19.3 Å². The Balaban J connectivity index is 2.10. The molecule has 1 N–H and O–H groups in total. The van der Waals surface area contributed by atoms with Crippen molar-refractivity contribution in [2.75, 3.05) is 18.4 Å². The minimum absolute atomic E-state index is 0.142. The fourth-order valence-corrected chi connectivity index (χ4v) is 4.31. The van der Waals surface area contributed by atoms with Gasteiger partial charge in [-0.2, -0.15) is 0 Å². The Labute approximate surface area is 180 Å². The third kappa shape index (κ3) is 4.53. The second-order valence-electron chi connectivity index (χ2n) is 7.53. The minimum Gasteiger partial charge on any atom is -0.369 e. The first-order valence-corrected chi connectivity index (χ1v) is 11.1. The fourth-order valence-electron chi connectivity index (χ4n) is 3.02. The molecular formula is C21H26N4O2S2. The van der Waals surface area contributed by atoms with E-state index in [0.717, 1.165) is 18.4 Å². The van der Waals surface area contributed by atoms with Crippen LogP contribution >= 0.6 is 24.0 Å². The molecule has 0 radical (unpaired) electrons. The Bertz CT molecular complexity index is 1040. The van der Waals surface area contributed by atoms with Crippen molar-refractivity contribution in [3.05, 3.63) is 44.7 Å². The van der Waals surface area contributed by atoms with Crippen molar-refractivity contribution < 1.29 is 4.79 Å². The number of nitrogens with one attached hydrogen (secondary N) is 1. The lowest BCUT2D eigenvalue weighted by Crippen LogP contribution is -2.29. The summed E-state index contributed by atoms with van der Waals surface area (Å²) in [5.74, 6) is 0.737. The normalized spacial score (nSPS) is 15.9. The largest absolute Gasteiger partial charge is 0.369 e. The second-order valence-corrected chi connectivity index (χ2v) is 9.20. The number of hydrogen-bond acceptors (Lipinski definition) is 6. The average Bonchev–Trinajstić information content (AvgIpc) is 2.94. The van der Waals surface area contributed by atoms with Gasteiger partial charge < -0.3 is 5.32 Å². The molecule has 154 valence electrons. The zero-order valence-electron chi connectivity index (χ0n) is 17.2. The second kappa shape index (κ2) is 9.09. The monoisotopic (exact) mass is 430 g/mol. The van der Waals surface area contributed by atoms with Crippen LogP contribution in [-0.2, 0) is 4.79 Å². The van der Waals surface area contributed by atoms with E-state index < -0.39 is 0 Å². The Morgan fingerprint density at radius 2 is 2.10 bits per heavy atom. The third-order valence-corrected chi connectivity index (χ3v) is 6.02. The summed E-state index contributed by atoms with van der Waals surface area (Å²) in [5, 5.41) is 3.28. The maximum absolute atomic E-state index is 13.2. The first kappa shape index (κ1) is 21.5. The lowest BCUT2D eigenvalue weighted by atomic mass is 10.2. The number of carbonyl (C=O) groups is 1. The number of unbranched alkanes of at least 4 members (excludes halogenated alkanes) is 1. The predicted octanol–water partition coefficient (Wildman–Crippen LogP) is 4.07. The highest BCUT2D eigenvalue weighted by atomic mass is 32.2. The van der Waals surface area contributed by atoms with Gasteiger partial charge in [0.2, 0.25) is 0 Å². The molecule has 0 spiro atoms. The third-order valence-electron chi connectivity index (χ3n) is 4.65. The molecule has 1 aliphatic heterocycles. The minimum atomic E-state index is -0.205. The number of nitrogens with zero attached hydrogens (tertiary/aromatic N) is 3. The molecule has 3 heterocycles. The Hall–Kier alpha value is -2.19. The summed E-state index contributed by atoms with van der Waals surface area (Å²) in [7, 11) is 0. The van der Waals surface area contributed by atoms with Crippen LogP contribution < -0.4 is 10.9 Å². The Morgan fingerprint density at radius 1 is 1.34 bits per heavy atom. The molecule has 2 aromatic heterocycles. The van der Waals surface area contributed by atoms with Crippen molar-refractivity contribution in [2.24, 2.45) is 5.92 Å². The summed E-state index contributed by atoms with van der Waals surface area (Å²) in [6.07, 6.45) is 5.21. The number of thioether (sulfide) groups is 1. The van der Waals surface area contributed by atoms with Crippen LogP contribution in [0.3, 0.4) is 0 Å². The highest BCUT2D eigenvalue weighted by molar-refractivity contribution is 8.26. The van der Waals surface area contributed by atoms with Gasteiger partial charge in [-0.05, 0) is 37.0 Å². The number of aryl methyl sites for hydroxylation is 1. The maximum Gasteiger partial charge on any atom is 0.267 e. The lowest BCUT2D eigenvalue weighted by Gasteiger charge is -2.14. The average molecular weight is 431 g/mol. The van der Waals surface area contributed by atoms with Gasteiger partial charge in [-0.25, -0.2) is 4.98 Å². The van der Waals surface area contributed by atoms with Gasteiger partial charge >= 0.3 is 0 Å². The molecule has 0 bridgehead atoms. The number of hydrogen-bond donors (Lipinski definition) is 1. The van der Waals surface area contributed by atoms with Gasteiger partial charge in [0.15, 0.2) is 0 Å². The SMILES string of the molecule is CCCCN1C(=O)C(=Cc2c(NCC(C)C)nc3c(C)cccn3c2=O)SC1=S. The molecule has 1 saturated heterocycles. The van der Waals surface area contributed by atoms with Crippen molar-refractivity contribution in [3.63, 3.8) is 0 Å². The van der Waals surface area contributed by atoms with Crippen LogP contribution in [0.2, 0.25) is 0 Å². The van der Waals surface area contributed by atoms with Crippen molar-refractivity contribution in [3.8, 4) is 0 Å². The number of carbonyl (C=O) groups excluding carboxylic acids is 1. The van der Waals surface area contributed by atoms with Crippen molar-refractivity contribution >= 4 is 51.7 Å². The van der Waals surface area contributed by atoms with E-state index in [0.29, 0.717) is 45.3 Å². The van der Waals surface area contributed by atoms with E-state index in [1.807, 2.05) is 19.1 Å². The summed E-state index contributed by atoms with van der Waals surface area (Å²) in [5.41, 5.74) is 1.69. The zero-order valence-corrected chi connectivity index (χ0v) is 18.8. The maximum atomic E-state index is 13.2. The summed E-state index contributed by atoms with van der Waals surface area (Å²) in [6, 6.07) is 3.74. The van der Waals surface area contributed by atoms with Crippen molar-refractivity contribution in [1.82, 2.24) is 14.3 Å². The molecule has 0 atom stereocenters. The van der Waals surface area contributed by atoms with Crippen LogP contribution in [0.25, 0.3) is 11.7 Å². The van der Waals surface area contributed by atoms with E-state index in [9.17, 15) is 9.59 Å². The van der Waals surface area contributed by atoms with Crippen LogP contribution in [0.4, 0.5) is 5.82 Å². The van der Waals surface area contributed by atoms with Crippen LogP contribution in [0.5, 0.6) is 0 Å². The molecule has 8 heteroatoms. The number of anilines is 1. The van der Waals surface area contributed by atoms with Crippen LogP contribution in [-0.4, -0.2) is 37.6 Å². The zero-order chi connectivity index (χ0) is 21.1. The Kier molecular flexibility index (Phi) is 6.74. The molecule has 0 aromatic carbocycles. The first-order valence-electron chi connectivity index (χ1n) is 9.84. The molecule has 3 rings (SSSR count). The molecule has 6 nitrogen and oxygen atoms in total. The number of thiocarbonyl (C=S) groups is 1. The van der Waals surface area contributed by atoms with Gasteiger partial charge in [0.1, 0.15) is 15.8 Å². The topological polar surface area (TPSA) is 66.7 Å². The van der Waals surface area contributed by atoms with Crippen molar-refractivity contribution in [2.45, 2.75) is 40.5 Å². The molecule has 0 saturated carbocycles. The highest BCUT2D eigenvalue weighted by Crippen LogP contribution is 2.33. The van der Waals surface area contributed by atoms with Gasteiger partial charge in [-0.1, -0.05) is 57.2 Å². The molecule has 1 aliphatic rings.